The topological polar surface area (TPSA) is 99.8 Å². The van der Waals surface area contributed by atoms with E-state index in [1.165, 1.54) is 10.9 Å². The number of H-pyrrole nitrogens is 1. The summed E-state index contributed by atoms with van der Waals surface area (Å²) in [5.41, 5.74) is 3.88. The van der Waals surface area contributed by atoms with Crippen molar-refractivity contribution in [3.8, 4) is 11.5 Å². The van der Waals surface area contributed by atoms with Crippen molar-refractivity contribution in [3.05, 3.63) is 83.8 Å². The Kier molecular flexibility index (Phi) is 8.55. The number of aromatic nitrogens is 2. The molecule has 4 aromatic rings. The second-order valence-corrected chi connectivity index (χ2v) is 13.5. The molecule has 6 rings (SSSR count). The first-order chi connectivity index (χ1) is 22.1. The molecule has 1 aliphatic carbocycles. The zero-order valence-corrected chi connectivity index (χ0v) is 27.7. The monoisotopic (exact) mass is 623 g/mol. The van der Waals surface area contributed by atoms with E-state index >= 15 is 0 Å². The number of piperidine rings is 1. The predicted octanol–water partition coefficient (Wildman–Crippen LogP) is 6.15. The standard InChI is InChI=1S/C37H45N5O4/c1-24-33(27-11-7-8-12-29(27)39-24)34-28(36(34,2)3)21-32(43)42(23-25-10-9-17-38-22-25)37(15-18-41(4)19-16-37)35(44)40-30-14-13-26(45-5)20-31(30)46-6/h7-14,17,20,22,28,34,39H,15-16,18-19,21,23H2,1-6H3,(H,40,44)/t28-,34+/m0/s1. The molecule has 1 saturated heterocycles. The van der Waals surface area contributed by atoms with Crippen molar-refractivity contribution in [1.29, 1.82) is 0 Å². The zero-order valence-electron chi connectivity index (χ0n) is 27.7. The molecule has 46 heavy (non-hydrogen) atoms. The lowest BCUT2D eigenvalue weighted by Crippen LogP contribution is -2.62. The summed E-state index contributed by atoms with van der Waals surface area (Å²) in [5.74, 6) is 1.28. The lowest BCUT2D eigenvalue weighted by molar-refractivity contribution is -0.150. The summed E-state index contributed by atoms with van der Waals surface area (Å²) in [6, 6.07) is 17.6. The minimum absolute atomic E-state index is 0.0108. The second-order valence-electron chi connectivity index (χ2n) is 13.5. The number of fused-ring (bicyclic) bond motifs is 1. The van der Waals surface area contributed by atoms with Gasteiger partial charge in [0.1, 0.15) is 17.0 Å². The van der Waals surface area contributed by atoms with Crippen LogP contribution in [0.1, 0.15) is 55.8 Å². The SMILES string of the molecule is COc1ccc(NC(=O)C2(N(Cc3cccnc3)C(=O)C[C@H]3[C@H](c4c(C)[nH]c5ccccc45)C3(C)C)CCN(C)CC2)c(OC)c1. The normalized spacial score (nSPS) is 20.2. The van der Waals surface area contributed by atoms with Crippen molar-refractivity contribution in [2.45, 2.75) is 58.0 Å². The van der Waals surface area contributed by atoms with E-state index in [9.17, 15) is 9.59 Å². The van der Waals surface area contributed by atoms with Crippen LogP contribution in [0, 0.1) is 18.3 Å². The Morgan fingerprint density at radius 3 is 2.52 bits per heavy atom. The highest BCUT2D eigenvalue weighted by atomic mass is 16.5. The van der Waals surface area contributed by atoms with Gasteiger partial charge in [-0.25, -0.2) is 0 Å². The summed E-state index contributed by atoms with van der Waals surface area (Å²) in [7, 11) is 5.22. The van der Waals surface area contributed by atoms with Crippen molar-refractivity contribution < 1.29 is 19.1 Å². The molecule has 0 bridgehead atoms. The molecule has 1 aliphatic heterocycles. The highest BCUT2D eigenvalue weighted by Gasteiger charge is 2.60. The number of pyridine rings is 1. The van der Waals surface area contributed by atoms with Gasteiger partial charge < -0.3 is 29.6 Å². The van der Waals surface area contributed by atoms with Gasteiger partial charge in [0.25, 0.3) is 5.91 Å². The minimum atomic E-state index is -1.06. The molecule has 9 nitrogen and oxygen atoms in total. The van der Waals surface area contributed by atoms with E-state index in [1.807, 2.05) is 23.1 Å². The molecule has 0 spiro atoms. The van der Waals surface area contributed by atoms with E-state index in [4.69, 9.17) is 9.47 Å². The van der Waals surface area contributed by atoms with Gasteiger partial charge in [-0.1, -0.05) is 38.1 Å². The van der Waals surface area contributed by atoms with Crippen LogP contribution in [-0.2, 0) is 16.1 Å². The number of hydrogen-bond donors (Lipinski definition) is 2. The summed E-state index contributed by atoms with van der Waals surface area (Å²) >= 11 is 0. The molecule has 2 N–H and O–H groups in total. The molecule has 2 aromatic carbocycles. The number of carbonyl (C=O) groups excluding carboxylic acids is 2. The predicted molar refractivity (Wildman–Crippen MR) is 180 cm³/mol. The number of ether oxygens (including phenoxy) is 2. The molecule has 2 fully saturated rings. The summed E-state index contributed by atoms with van der Waals surface area (Å²) in [5, 5.41) is 4.37. The van der Waals surface area contributed by atoms with Crippen LogP contribution in [0.5, 0.6) is 11.5 Å². The fraction of sp³-hybridized carbons (Fsp3) is 0.432. The maximum absolute atomic E-state index is 14.8. The maximum Gasteiger partial charge on any atom is 0.250 e. The molecular formula is C37H45N5O4. The Morgan fingerprint density at radius 2 is 1.83 bits per heavy atom. The van der Waals surface area contributed by atoms with E-state index in [1.54, 1.807) is 44.8 Å². The van der Waals surface area contributed by atoms with E-state index in [2.05, 4.69) is 66.2 Å². The number of hydrogen-bond acceptors (Lipinski definition) is 6. The van der Waals surface area contributed by atoms with Crippen LogP contribution in [0.2, 0.25) is 0 Å². The lowest BCUT2D eigenvalue weighted by Gasteiger charge is -2.47. The van der Waals surface area contributed by atoms with Gasteiger partial charge in [-0.2, -0.15) is 0 Å². The Hall–Kier alpha value is -4.37. The van der Waals surface area contributed by atoms with Crippen LogP contribution < -0.4 is 14.8 Å². The first kappa shape index (κ1) is 31.6. The molecular weight excluding hydrogens is 578 g/mol. The van der Waals surface area contributed by atoms with E-state index in [0.717, 1.165) is 16.8 Å². The number of aryl methyl sites for hydroxylation is 1. The molecule has 242 valence electrons. The van der Waals surface area contributed by atoms with Gasteiger partial charge in [0.15, 0.2) is 0 Å². The first-order valence-electron chi connectivity index (χ1n) is 16.1. The number of carbonyl (C=O) groups is 2. The van der Waals surface area contributed by atoms with E-state index in [0.29, 0.717) is 56.1 Å². The van der Waals surface area contributed by atoms with Crippen LogP contribution >= 0.6 is 0 Å². The lowest BCUT2D eigenvalue weighted by atomic mass is 9.83. The molecule has 0 unspecified atom stereocenters. The minimum Gasteiger partial charge on any atom is -0.497 e. The fourth-order valence-corrected chi connectivity index (χ4v) is 7.60. The summed E-state index contributed by atoms with van der Waals surface area (Å²) in [6.45, 7) is 8.33. The number of nitrogens with zero attached hydrogens (tertiary/aromatic N) is 3. The Labute approximate surface area is 271 Å². The average Bonchev–Trinajstić information content (AvgIpc) is 3.41. The van der Waals surface area contributed by atoms with Gasteiger partial charge >= 0.3 is 0 Å². The average molecular weight is 624 g/mol. The summed E-state index contributed by atoms with van der Waals surface area (Å²) in [6.07, 6.45) is 4.89. The quantitative estimate of drug-likeness (QED) is 0.220. The number of likely N-dealkylation sites (tertiary alicyclic amines) is 1. The van der Waals surface area contributed by atoms with Gasteiger partial charge in [0.05, 0.1) is 19.9 Å². The third-order valence-corrected chi connectivity index (χ3v) is 10.5. The molecule has 2 aromatic heterocycles. The molecule has 3 heterocycles. The van der Waals surface area contributed by atoms with Crippen LogP contribution in [0.4, 0.5) is 5.69 Å². The Morgan fingerprint density at radius 1 is 1.07 bits per heavy atom. The van der Waals surface area contributed by atoms with Crippen molar-refractivity contribution in [2.24, 2.45) is 11.3 Å². The number of rotatable bonds is 10. The van der Waals surface area contributed by atoms with E-state index < -0.39 is 5.54 Å². The Balaban J connectivity index is 1.35. The van der Waals surface area contributed by atoms with Gasteiger partial charge in [0.2, 0.25) is 5.91 Å². The van der Waals surface area contributed by atoms with Crippen molar-refractivity contribution in [2.75, 3.05) is 39.7 Å². The summed E-state index contributed by atoms with van der Waals surface area (Å²) < 4.78 is 11.0. The Bertz CT molecular complexity index is 1720. The number of methoxy groups -OCH3 is 2. The highest BCUT2D eigenvalue weighted by Crippen LogP contribution is 2.67. The third kappa shape index (κ3) is 5.73. The van der Waals surface area contributed by atoms with Gasteiger partial charge in [-0.05, 0) is 79.5 Å². The number of benzene rings is 2. The molecule has 2 amide bonds. The van der Waals surface area contributed by atoms with Crippen LogP contribution in [0.3, 0.4) is 0 Å². The fourth-order valence-electron chi connectivity index (χ4n) is 7.60. The van der Waals surface area contributed by atoms with Gasteiger partial charge in [-0.15, -0.1) is 0 Å². The smallest absolute Gasteiger partial charge is 0.250 e. The molecule has 2 aliphatic rings. The number of anilines is 1. The largest absolute Gasteiger partial charge is 0.497 e. The molecule has 1 saturated carbocycles. The zero-order chi connectivity index (χ0) is 32.6. The van der Waals surface area contributed by atoms with Crippen molar-refractivity contribution in [3.63, 3.8) is 0 Å². The van der Waals surface area contributed by atoms with Crippen molar-refractivity contribution >= 4 is 28.4 Å². The van der Waals surface area contributed by atoms with Crippen molar-refractivity contribution in [1.82, 2.24) is 19.8 Å². The van der Waals surface area contributed by atoms with Crippen LogP contribution in [-0.4, -0.2) is 71.5 Å². The second kappa shape index (κ2) is 12.4. The van der Waals surface area contributed by atoms with Gasteiger partial charge in [-0.3, -0.25) is 14.6 Å². The van der Waals surface area contributed by atoms with Crippen LogP contribution in [0.25, 0.3) is 10.9 Å². The molecule has 0 radical (unpaired) electrons. The van der Waals surface area contributed by atoms with Gasteiger partial charge in [0, 0.05) is 61.1 Å². The molecule has 9 heteroatoms. The highest BCUT2D eigenvalue weighted by molar-refractivity contribution is 6.01. The molecule has 2 atom stereocenters. The number of nitrogens with one attached hydrogen (secondary N) is 2. The first-order valence-corrected chi connectivity index (χ1v) is 16.1. The number of amides is 2. The maximum atomic E-state index is 14.8. The summed E-state index contributed by atoms with van der Waals surface area (Å²) in [4.78, 5) is 41.3. The van der Waals surface area contributed by atoms with Crippen LogP contribution in [0.15, 0.2) is 67.0 Å². The van der Waals surface area contributed by atoms with E-state index in [-0.39, 0.29) is 29.1 Å². The number of para-hydroxylation sites is 1. The third-order valence-electron chi connectivity index (χ3n) is 10.5. The number of aromatic amines is 1.